The first-order chi connectivity index (χ1) is 13.9. The first-order valence-corrected chi connectivity index (χ1v) is 8.99. The molecular weight excluding hydrogens is 378 g/mol. The lowest BCUT2D eigenvalue weighted by Crippen LogP contribution is -2.14. The summed E-state index contributed by atoms with van der Waals surface area (Å²) >= 11 is 0. The smallest absolute Gasteiger partial charge is 0.270 e. The van der Waals surface area contributed by atoms with Crippen LogP contribution >= 0.6 is 0 Å². The van der Waals surface area contributed by atoms with Gasteiger partial charge in [0.1, 0.15) is 11.6 Å². The molecule has 0 fully saturated rings. The third-order valence-corrected chi connectivity index (χ3v) is 4.16. The maximum atomic E-state index is 11.0. The predicted octanol–water partition coefficient (Wildman–Crippen LogP) is 2.93. The maximum Gasteiger partial charge on any atom is 0.270 e. The number of H-pyrrole nitrogens is 1. The molecule has 0 amide bonds. The first-order valence-electron chi connectivity index (χ1n) is 8.99. The number of aromatic hydroxyl groups is 1. The minimum absolute atomic E-state index is 0.104. The topological polar surface area (TPSA) is 149 Å². The second-order valence-electron chi connectivity index (χ2n) is 6.05. The summed E-state index contributed by atoms with van der Waals surface area (Å²) in [6.07, 6.45) is 0. The zero-order valence-corrected chi connectivity index (χ0v) is 16.0. The van der Waals surface area contributed by atoms with Crippen LogP contribution in [0.15, 0.2) is 36.4 Å². The highest BCUT2D eigenvalue weighted by molar-refractivity contribution is 5.67. The highest BCUT2D eigenvalue weighted by atomic mass is 16.6. The van der Waals surface area contributed by atoms with Crippen molar-refractivity contribution < 1.29 is 19.5 Å². The molecule has 1 unspecified atom stereocenters. The minimum Gasteiger partial charge on any atom is -0.507 e. The van der Waals surface area contributed by atoms with Gasteiger partial charge in [-0.25, -0.2) is 4.98 Å². The molecule has 1 aromatic heterocycles. The van der Waals surface area contributed by atoms with Gasteiger partial charge in [-0.1, -0.05) is 6.07 Å². The molecule has 152 valence electrons. The third kappa shape index (κ3) is 4.27. The number of nitrogens with one attached hydrogen (secondary N) is 1. The molecule has 10 heteroatoms. The quantitative estimate of drug-likeness (QED) is 0.386. The number of nitrogens with two attached hydrogens (primary N) is 1. The van der Waals surface area contributed by atoms with Crippen LogP contribution in [0.3, 0.4) is 0 Å². The van der Waals surface area contributed by atoms with E-state index in [1.807, 2.05) is 13.8 Å². The van der Waals surface area contributed by atoms with Gasteiger partial charge in [-0.05, 0) is 37.6 Å². The summed E-state index contributed by atoms with van der Waals surface area (Å²) in [5.41, 5.74) is 6.98. The molecule has 0 radical (unpaired) electrons. The molecule has 1 heterocycles. The summed E-state index contributed by atoms with van der Waals surface area (Å²) in [5.74, 6) is 1.45. The van der Waals surface area contributed by atoms with E-state index >= 15 is 0 Å². The number of nitrogens with zero attached hydrogens (tertiary/aromatic N) is 3. The van der Waals surface area contributed by atoms with Crippen molar-refractivity contribution in [1.29, 1.82) is 0 Å². The Morgan fingerprint density at radius 3 is 2.59 bits per heavy atom. The number of hydrogen-bond donors (Lipinski definition) is 3. The SMILES string of the molecule is CCOc1ccc(C(N)c2nc(-c3cc([N+](=O)[O-])ccc3O)n[nH]2)cc1OCC. The number of non-ortho nitro benzene ring substituents is 1. The number of aromatic amines is 1. The summed E-state index contributed by atoms with van der Waals surface area (Å²) in [6, 6.07) is 8.31. The molecule has 4 N–H and O–H groups in total. The van der Waals surface area contributed by atoms with Crippen LogP contribution in [-0.2, 0) is 0 Å². The Balaban J connectivity index is 1.92. The molecule has 0 aliphatic carbocycles. The van der Waals surface area contributed by atoms with Crippen LogP contribution in [0.1, 0.15) is 31.3 Å². The van der Waals surface area contributed by atoms with E-state index in [9.17, 15) is 15.2 Å². The van der Waals surface area contributed by atoms with Crippen molar-refractivity contribution in [3.05, 3.63) is 57.9 Å². The molecule has 0 spiro atoms. The second kappa shape index (κ2) is 8.57. The van der Waals surface area contributed by atoms with Crippen molar-refractivity contribution in [2.75, 3.05) is 13.2 Å². The maximum absolute atomic E-state index is 11.0. The summed E-state index contributed by atoms with van der Waals surface area (Å²) < 4.78 is 11.2. The Morgan fingerprint density at radius 1 is 1.17 bits per heavy atom. The van der Waals surface area contributed by atoms with Gasteiger partial charge in [-0.3, -0.25) is 15.2 Å². The van der Waals surface area contributed by atoms with Crippen molar-refractivity contribution >= 4 is 5.69 Å². The van der Waals surface area contributed by atoms with Gasteiger partial charge < -0.3 is 20.3 Å². The fourth-order valence-corrected chi connectivity index (χ4v) is 2.77. The van der Waals surface area contributed by atoms with E-state index < -0.39 is 11.0 Å². The summed E-state index contributed by atoms with van der Waals surface area (Å²) in [7, 11) is 0. The zero-order valence-electron chi connectivity index (χ0n) is 16.0. The van der Waals surface area contributed by atoms with Crippen LogP contribution in [0.2, 0.25) is 0 Å². The molecule has 0 bridgehead atoms. The van der Waals surface area contributed by atoms with Crippen molar-refractivity contribution in [2.45, 2.75) is 19.9 Å². The first kappa shape index (κ1) is 20.1. The van der Waals surface area contributed by atoms with E-state index in [2.05, 4.69) is 15.2 Å². The Morgan fingerprint density at radius 2 is 1.90 bits per heavy atom. The lowest BCUT2D eigenvalue weighted by Gasteiger charge is -2.14. The molecule has 3 aromatic rings. The van der Waals surface area contributed by atoms with Crippen LogP contribution in [0.25, 0.3) is 11.4 Å². The summed E-state index contributed by atoms with van der Waals surface area (Å²) in [6.45, 7) is 4.73. The van der Waals surface area contributed by atoms with E-state index in [0.717, 1.165) is 0 Å². The second-order valence-corrected chi connectivity index (χ2v) is 6.05. The molecule has 0 saturated heterocycles. The highest BCUT2D eigenvalue weighted by Gasteiger charge is 2.20. The lowest BCUT2D eigenvalue weighted by atomic mass is 10.1. The molecule has 0 aliphatic rings. The van der Waals surface area contributed by atoms with E-state index in [0.29, 0.717) is 36.1 Å². The largest absolute Gasteiger partial charge is 0.507 e. The standard InChI is InChI=1S/C19H21N5O5/c1-3-28-15-8-5-11(9-16(15)29-4-2)17(20)19-21-18(22-23-19)13-10-12(24(26)27)6-7-14(13)25/h5-10,17,25H,3-4,20H2,1-2H3,(H,21,22,23). The molecule has 0 saturated carbocycles. The van der Waals surface area contributed by atoms with Gasteiger partial charge in [0.2, 0.25) is 0 Å². The van der Waals surface area contributed by atoms with E-state index in [1.165, 1.54) is 18.2 Å². The lowest BCUT2D eigenvalue weighted by molar-refractivity contribution is -0.384. The van der Waals surface area contributed by atoms with Crippen molar-refractivity contribution in [3.8, 4) is 28.6 Å². The van der Waals surface area contributed by atoms with Crippen LogP contribution < -0.4 is 15.2 Å². The number of rotatable bonds is 8. The number of benzene rings is 2. The van der Waals surface area contributed by atoms with Gasteiger partial charge >= 0.3 is 0 Å². The van der Waals surface area contributed by atoms with E-state index in [4.69, 9.17) is 15.2 Å². The average Bonchev–Trinajstić information content (AvgIpc) is 3.19. The predicted molar refractivity (Wildman–Crippen MR) is 105 cm³/mol. The molecule has 3 rings (SSSR count). The fourth-order valence-electron chi connectivity index (χ4n) is 2.77. The Kier molecular flexibility index (Phi) is 5.93. The monoisotopic (exact) mass is 399 g/mol. The minimum atomic E-state index is -0.660. The number of nitro benzene ring substituents is 1. The number of phenolic OH excluding ortho intramolecular Hbond substituents is 1. The van der Waals surface area contributed by atoms with Gasteiger partial charge in [0.15, 0.2) is 17.3 Å². The van der Waals surface area contributed by atoms with Gasteiger partial charge in [-0.2, -0.15) is 5.10 Å². The number of aromatic nitrogens is 3. The number of phenols is 1. The van der Waals surface area contributed by atoms with Gasteiger partial charge in [0.05, 0.1) is 29.7 Å². The van der Waals surface area contributed by atoms with E-state index in [1.54, 1.807) is 18.2 Å². The Hall–Kier alpha value is -3.66. The molecular formula is C19H21N5O5. The van der Waals surface area contributed by atoms with Crippen molar-refractivity contribution in [2.24, 2.45) is 5.73 Å². The van der Waals surface area contributed by atoms with E-state index in [-0.39, 0.29) is 22.8 Å². The number of nitro groups is 1. The summed E-state index contributed by atoms with van der Waals surface area (Å²) in [5, 5.41) is 27.8. The molecule has 0 aliphatic heterocycles. The Labute approximate surface area is 166 Å². The molecule has 29 heavy (non-hydrogen) atoms. The summed E-state index contributed by atoms with van der Waals surface area (Å²) in [4.78, 5) is 14.7. The normalized spacial score (nSPS) is 11.8. The molecule has 1 atom stereocenters. The number of hydrogen-bond acceptors (Lipinski definition) is 8. The van der Waals surface area contributed by atoms with Gasteiger partial charge in [0, 0.05) is 12.1 Å². The zero-order chi connectivity index (χ0) is 21.0. The molecule has 10 nitrogen and oxygen atoms in total. The third-order valence-electron chi connectivity index (χ3n) is 4.16. The number of ether oxygens (including phenoxy) is 2. The fraction of sp³-hybridized carbons (Fsp3) is 0.263. The van der Waals surface area contributed by atoms with Gasteiger partial charge in [-0.15, -0.1) is 0 Å². The average molecular weight is 399 g/mol. The van der Waals surface area contributed by atoms with Crippen LogP contribution in [0.5, 0.6) is 17.2 Å². The Bertz CT molecular complexity index is 1020. The van der Waals surface area contributed by atoms with Crippen LogP contribution in [0.4, 0.5) is 5.69 Å². The van der Waals surface area contributed by atoms with Gasteiger partial charge in [0.25, 0.3) is 5.69 Å². The molecule has 2 aromatic carbocycles. The van der Waals surface area contributed by atoms with Crippen LogP contribution in [-0.4, -0.2) is 38.4 Å². The highest BCUT2D eigenvalue weighted by Crippen LogP contribution is 2.33. The van der Waals surface area contributed by atoms with Crippen molar-refractivity contribution in [3.63, 3.8) is 0 Å². The van der Waals surface area contributed by atoms with Crippen LogP contribution in [0, 0.1) is 10.1 Å². The van der Waals surface area contributed by atoms with Crippen molar-refractivity contribution in [1.82, 2.24) is 15.2 Å².